The molecule has 0 amide bonds. The number of nitrogens with one attached hydrogen (secondary N) is 2. The lowest BCUT2D eigenvalue weighted by atomic mass is 10.0. The highest BCUT2D eigenvalue weighted by molar-refractivity contribution is 7.22. The molecule has 1 aromatic carbocycles. The normalized spacial score (nSPS) is 12.4. The lowest BCUT2D eigenvalue weighted by molar-refractivity contribution is 0.259. The molecule has 0 saturated carbocycles. The number of aromatic amines is 1. The number of nitrogens with zero attached hydrogens (tertiary/aromatic N) is 3. The molecule has 0 aliphatic carbocycles. The van der Waals surface area contributed by atoms with Gasteiger partial charge in [0.2, 0.25) is 0 Å². The van der Waals surface area contributed by atoms with E-state index in [4.69, 9.17) is 4.74 Å². The van der Waals surface area contributed by atoms with Crippen LogP contribution in [-0.4, -0.2) is 37.7 Å². The Bertz CT molecular complexity index is 1140. The topological polar surface area (TPSA) is 96.0 Å². The largest absolute Gasteiger partial charge is 0.457 e. The van der Waals surface area contributed by atoms with Gasteiger partial charge < -0.3 is 20.1 Å². The molecular formula is C22H25N5O2S. The van der Waals surface area contributed by atoms with Crippen molar-refractivity contribution < 1.29 is 9.84 Å². The van der Waals surface area contributed by atoms with Gasteiger partial charge in [0.15, 0.2) is 11.0 Å². The first-order valence-electron chi connectivity index (χ1n) is 9.94. The van der Waals surface area contributed by atoms with Crippen LogP contribution in [0.25, 0.3) is 21.7 Å². The second kappa shape index (κ2) is 8.81. The number of H-pyrrole nitrogens is 1. The maximum Gasteiger partial charge on any atom is 0.184 e. The number of imidazole rings is 1. The molecular weight excluding hydrogens is 398 g/mol. The molecule has 8 heteroatoms. The van der Waals surface area contributed by atoms with Crippen molar-refractivity contribution in [2.75, 3.05) is 11.9 Å². The molecule has 0 unspecified atom stereocenters. The Hall–Kier alpha value is -2.97. The van der Waals surface area contributed by atoms with Gasteiger partial charge in [-0.25, -0.2) is 9.97 Å². The van der Waals surface area contributed by atoms with E-state index in [0.717, 1.165) is 38.9 Å². The smallest absolute Gasteiger partial charge is 0.184 e. The molecule has 0 fully saturated rings. The van der Waals surface area contributed by atoms with E-state index in [1.165, 1.54) is 0 Å². The Morgan fingerprint density at radius 1 is 1.17 bits per heavy atom. The molecule has 30 heavy (non-hydrogen) atoms. The van der Waals surface area contributed by atoms with Crippen molar-refractivity contribution in [3.63, 3.8) is 0 Å². The predicted octanol–water partition coefficient (Wildman–Crippen LogP) is 5.00. The number of fused-ring (bicyclic) bond motifs is 1. The lowest BCUT2D eigenvalue weighted by Gasteiger charge is -2.17. The minimum atomic E-state index is 0.00163. The summed E-state index contributed by atoms with van der Waals surface area (Å²) in [5, 5.41) is 13.8. The van der Waals surface area contributed by atoms with E-state index in [-0.39, 0.29) is 12.6 Å². The highest BCUT2D eigenvalue weighted by Crippen LogP contribution is 2.32. The van der Waals surface area contributed by atoms with Crippen LogP contribution in [0.5, 0.6) is 11.5 Å². The lowest BCUT2D eigenvalue weighted by Crippen LogP contribution is -2.25. The molecule has 156 valence electrons. The highest BCUT2D eigenvalue weighted by atomic mass is 32.1. The third-order valence-electron chi connectivity index (χ3n) is 4.58. The molecule has 0 aliphatic rings. The number of hydrogen-bond donors (Lipinski definition) is 3. The fourth-order valence-corrected chi connectivity index (χ4v) is 4.21. The molecule has 1 atom stereocenters. The molecule has 3 N–H and O–H groups in total. The average Bonchev–Trinajstić information content (AvgIpc) is 3.32. The van der Waals surface area contributed by atoms with Crippen LogP contribution in [0.15, 0.2) is 42.7 Å². The number of thiazole rings is 1. The number of rotatable bonds is 8. The van der Waals surface area contributed by atoms with Crippen LogP contribution in [-0.2, 0) is 0 Å². The minimum Gasteiger partial charge on any atom is -0.457 e. The number of ether oxygens (including phenoxy) is 1. The van der Waals surface area contributed by atoms with Gasteiger partial charge in [-0.1, -0.05) is 25.2 Å². The van der Waals surface area contributed by atoms with Gasteiger partial charge in [-0.15, -0.1) is 0 Å². The number of aromatic nitrogens is 4. The van der Waals surface area contributed by atoms with Gasteiger partial charge in [0, 0.05) is 30.2 Å². The molecule has 0 bridgehead atoms. The number of anilines is 1. The highest BCUT2D eigenvalue weighted by Gasteiger charge is 2.13. The van der Waals surface area contributed by atoms with Gasteiger partial charge in [-0.05, 0) is 37.5 Å². The summed E-state index contributed by atoms with van der Waals surface area (Å²) in [6, 6.07) is 9.51. The zero-order valence-corrected chi connectivity index (χ0v) is 18.0. The van der Waals surface area contributed by atoms with Gasteiger partial charge in [0.1, 0.15) is 17.2 Å². The predicted molar refractivity (Wildman–Crippen MR) is 120 cm³/mol. The summed E-state index contributed by atoms with van der Waals surface area (Å²) in [5.41, 5.74) is 2.61. The van der Waals surface area contributed by atoms with E-state index in [1.54, 1.807) is 23.7 Å². The van der Waals surface area contributed by atoms with Crippen LogP contribution in [0.2, 0.25) is 0 Å². The van der Waals surface area contributed by atoms with Gasteiger partial charge in [-0.2, -0.15) is 0 Å². The van der Waals surface area contributed by atoms with Gasteiger partial charge in [0.25, 0.3) is 0 Å². The third-order valence-corrected chi connectivity index (χ3v) is 5.53. The second-order valence-corrected chi connectivity index (χ2v) is 8.73. The average molecular weight is 424 g/mol. The minimum absolute atomic E-state index is 0.00163. The first kappa shape index (κ1) is 20.3. The zero-order chi connectivity index (χ0) is 21.1. The first-order chi connectivity index (χ1) is 14.5. The SMILES string of the molecule is Cc1cnc(-c2cc(Oc3ccc4nc(N[C@@H](CO)CC(C)C)sc4c3)ccn2)[nH]1. The molecule has 3 aromatic heterocycles. The van der Waals surface area contributed by atoms with E-state index < -0.39 is 0 Å². The Kier molecular flexibility index (Phi) is 5.96. The van der Waals surface area contributed by atoms with Crippen molar-refractivity contribution in [3.8, 4) is 23.0 Å². The number of hydrogen-bond acceptors (Lipinski definition) is 7. The third kappa shape index (κ3) is 4.77. The maximum atomic E-state index is 9.61. The van der Waals surface area contributed by atoms with E-state index >= 15 is 0 Å². The second-order valence-electron chi connectivity index (χ2n) is 7.70. The summed E-state index contributed by atoms with van der Waals surface area (Å²) >= 11 is 1.55. The van der Waals surface area contributed by atoms with Crippen LogP contribution in [0.4, 0.5) is 5.13 Å². The molecule has 3 heterocycles. The van der Waals surface area contributed by atoms with Gasteiger partial charge >= 0.3 is 0 Å². The van der Waals surface area contributed by atoms with Crippen LogP contribution in [0.3, 0.4) is 0 Å². The Labute approximate surface area is 179 Å². The molecule has 4 aromatic rings. The van der Waals surface area contributed by atoms with Crippen LogP contribution in [0.1, 0.15) is 26.0 Å². The van der Waals surface area contributed by atoms with Crippen molar-refractivity contribution in [1.29, 1.82) is 0 Å². The summed E-state index contributed by atoms with van der Waals surface area (Å²) in [6.07, 6.45) is 4.37. The van der Waals surface area contributed by atoms with Crippen molar-refractivity contribution in [3.05, 3.63) is 48.4 Å². The summed E-state index contributed by atoms with van der Waals surface area (Å²) in [7, 11) is 0. The van der Waals surface area contributed by atoms with Gasteiger partial charge in [0.05, 0.1) is 22.9 Å². The van der Waals surface area contributed by atoms with Crippen molar-refractivity contribution in [1.82, 2.24) is 19.9 Å². The Balaban J connectivity index is 1.51. The maximum absolute atomic E-state index is 9.61. The summed E-state index contributed by atoms with van der Waals surface area (Å²) in [5.74, 6) is 2.63. The monoisotopic (exact) mass is 423 g/mol. The van der Waals surface area contributed by atoms with E-state index in [0.29, 0.717) is 17.5 Å². The van der Waals surface area contributed by atoms with Crippen molar-refractivity contribution in [2.24, 2.45) is 5.92 Å². The number of benzene rings is 1. The fraction of sp³-hybridized carbons (Fsp3) is 0.318. The summed E-state index contributed by atoms with van der Waals surface area (Å²) in [4.78, 5) is 16.5. The molecule has 0 spiro atoms. The number of aliphatic hydroxyl groups is 1. The molecule has 0 radical (unpaired) electrons. The molecule has 7 nitrogen and oxygen atoms in total. The van der Waals surface area contributed by atoms with E-state index in [9.17, 15) is 5.11 Å². The van der Waals surface area contributed by atoms with Gasteiger partial charge in [-0.3, -0.25) is 4.98 Å². The van der Waals surface area contributed by atoms with Crippen LogP contribution < -0.4 is 10.1 Å². The number of aliphatic hydroxyl groups excluding tert-OH is 1. The fourth-order valence-electron chi connectivity index (χ4n) is 3.24. The first-order valence-corrected chi connectivity index (χ1v) is 10.8. The Morgan fingerprint density at radius 2 is 2.00 bits per heavy atom. The Morgan fingerprint density at radius 3 is 2.73 bits per heavy atom. The molecule has 4 rings (SSSR count). The van der Waals surface area contributed by atoms with E-state index in [2.05, 4.69) is 39.1 Å². The van der Waals surface area contributed by atoms with Crippen LogP contribution in [0, 0.1) is 12.8 Å². The molecule has 0 aliphatic heterocycles. The standard InChI is InChI=1S/C22H25N5O2S/c1-13(2)8-15(12-28)26-22-27-18-5-4-16(10-20(18)30-22)29-17-6-7-23-19(9-17)21-24-11-14(3)25-21/h4-7,9-11,13,15,28H,8,12H2,1-3H3,(H,24,25)(H,26,27)/t15-/m1/s1. The van der Waals surface area contributed by atoms with E-state index in [1.807, 2.05) is 37.3 Å². The van der Waals surface area contributed by atoms with Crippen molar-refractivity contribution in [2.45, 2.75) is 33.2 Å². The number of pyridine rings is 1. The zero-order valence-electron chi connectivity index (χ0n) is 17.2. The number of aryl methyl sites for hydroxylation is 1. The quantitative estimate of drug-likeness (QED) is 0.369. The van der Waals surface area contributed by atoms with Crippen molar-refractivity contribution >= 4 is 26.7 Å². The molecule has 0 saturated heterocycles. The summed E-state index contributed by atoms with van der Waals surface area (Å²) in [6.45, 7) is 6.33. The van der Waals surface area contributed by atoms with Crippen LogP contribution >= 0.6 is 11.3 Å². The summed E-state index contributed by atoms with van der Waals surface area (Å²) < 4.78 is 7.08.